The number of hydrogen-bond donors (Lipinski definition) is 1. The number of thiazole rings is 1. The first-order valence-corrected chi connectivity index (χ1v) is 7.97. The van der Waals surface area contributed by atoms with Crippen LogP contribution in [0.3, 0.4) is 0 Å². The molecular formula is C12H18N4OS2. The van der Waals surface area contributed by atoms with Gasteiger partial charge in [-0.15, -0.1) is 21.5 Å². The van der Waals surface area contributed by atoms with E-state index < -0.39 is 0 Å². The van der Waals surface area contributed by atoms with Gasteiger partial charge in [-0.1, -0.05) is 25.2 Å². The van der Waals surface area contributed by atoms with Gasteiger partial charge >= 0.3 is 0 Å². The quantitative estimate of drug-likeness (QED) is 0.850. The number of nitrogens with one attached hydrogen (secondary N) is 1. The molecule has 0 bridgehead atoms. The van der Waals surface area contributed by atoms with Gasteiger partial charge in [0.2, 0.25) is 5.13 Å². The summed E-state index contributed by atoms with van der Waals surface area (Å²) in [6.07, 6.45) is 1.97. The lowest BCUT2D eigenvalue weighted by Crippen LogP contribution is -1.98. The van der Waals surface area contributed by atoms with E-state index in [9.17, 15) is 0 Å². The molecule has 1 N–H and O–H groups in total. The number of aromatic nitrogens is 3. The highest BCUT2D eigenvalue weighted by Gasteiger charge is 2.15. The SMILES string of the molecule is CCCNc1nnc(-c2sc(COC)nc2CC)s1. The second-order valence-electron chi connectivity index (χ2n) is 4.01. The minimum Gasteiger partial charge on any atom is -0.378 e. The van der Waals surface area contributed by atoms with Crippen LogP contribution in [0.2, 0.25) is 0 Å². The lowest BCUT2D eigenvalue weighted by molar-refractivity contribution is 0.184. The summed E-state index contributed by atoms with van der Waals surface area (Å²) in [5.74, 6) is 0. The second kappa shape index (κ2) is 6.93. The Morgan fingerprint density at radius 2 is 2.05 bits per heavy atom. The first kappa shape index (κ1) is 14.4. The first-order valence-electron chi connectivity index (χ1n) is 6.33. The van der Waals surface area contributed by atoms with Crippen molar-refractivity contribution in [2.45, 2.75) is 33.3 Å². The third-order valence-corrected chi connectivity index (χ3v) is 4.60. The summed E-state index contributed by atoms with van der Waals surface area (Å²) in [4.78, 5) is 5.70. The van der Waals surface area contributed by atoms with Crippen molar-refractivity contribution in [2.24, 2.45) is 0 Å². The predicted octanol–water partition coefficient (Wildman–Crippen LogP) is 3.19. The zero-order valence-corrected chi connectivity index (χ0v) is 13.0. The zero-order valence-electron chi connectivity index (χ0n) is 11.4. The van der Waals surface area contributed by atoms with E-state index in [0.29, 0.717) is 6.61 Å². The van der Waals surface area contributed by atoms with Gasteiger partial charge in [-0.25, -0.2) is 4.98 Å². The van der Waals surface area contributed by atoms with Gasteiger partial charge in [0.05, 0.1) is 17.2 Å². The van der Waals surface area contributed by atoms with Crippen molar-refractivity contribution in [2.75, 3.05) is 19.0 Å². The molecule has 19 heavy (non-hydrogen) atoms. The van der Waals surface area contributed by atoms with Crippen LogP contribution in [0.4, 0.5) is 5.13 Å². The van der Waals surface area contributed by atoms with Crippen molar-refractivity contribution in [3.05, 3.63) is 10.7 Å². The van der Waals surface area contributed by atoms with Gasteiger partial charge in [0.1, 0.15) is 5.01 Å². The molecule has 0 aromatic carbocycles. The minimum absolute atomic E-state index is 0.553. The molecule has 5 nitrogen and oxygen atoms in total. The van der Waals surface area contributed by atoms with Crippen LogP contribution >= 0.6 is 22.7 Å². The molecule has 0 radical (unpaired) electrons. The Bertz CT molecular complexity index is 524. The molecule has 0 aliphatic heterocycles. The van der Waals surface area contributed by atoms with Crippen LogP contribution in [0.1, 0.15) is 31.0 Å². The fraction of sp³-hybridized carbons (Fsp3) is 0.583. The number of methoxy groups -OCH3 is 1. The van der Waals surface area contributed by atoms with E-state index in [1.165, 1.54) is 0 Å². The van der Waals surface area contributed by atoms with Crippen molar-refractivity contribution in [3.8, 4) is 9.88 Å². The second-order valence-corrected chi connectivity index (χ2v) is 6.07. The van der Waals surface area contributed by atoms with Crippen LogP contribution in [-0.4, -0.2) is 28.8 Å². The third kappa shape index (κ3) is 3.49. The van der Waals surface area contributed by atoms with Gasteiger partial charge in [0, 0.05) is 13.7 Å². The monoisotopic (exact) mass is 298 g/mol. The van der Waals surface area contributed by atoms with Crippen molar-refractivity contribution >= 4 is 27.8 Å². The Morgan fingerprint density at radius 1 is 1.21 bits per heavy atom. The van der Waals surface area contributed by atoms with Crippen LogP contribution in [0.15, 0.2) is 0 Å². The molecule has 0 amide bonds. The van der Waals surface area contributed by atoms with E-state index in [0.717, 1.165) is 45.1 Å². The van der Waals surface area contributed by atoms with Crippen LogP contribution in [0.5, 0.6) is 0 Å². The number of hydrogen-bond acceptors (Lipinski definition) is 7. The normalized spacial score (nSPS) is 10.9. The fourth-order valence-corrected chi connectivity index (χ4v) is 3.60. The summed E-state index contributed by atoms with van der Waals surface area (Å²) in [7, 11) is 1.68. The summed E-state index contributed by atoms with van der Waals surface area (Å²) in [5, 5.41) is 14.5. The van der Waals surface area contributed by atoms with Crippen molar-refractivity contribution < 1.29 is 4.74 Å². The number of rotatable bonds is 7. The molecule has 104 valence electrons. The third-order valence-electron chi connectivity index (χ3n) is 2.49. The van der Waals surface area contributed by atoms with Crippen molar-refractivity contribution in [3.63, 3.8) is 0 Å². The highest BCUT2D eigenvalue weighted by molar-refractivity contribution is 7.23. The smallest absolute Gasteiger partial charge is 0.206 e. The maximum absolute atomic E-state index is 5.14. The standard InChI is InChI=1S/C12H18N4OS2/c1-4-6-13-12-16-15-11(19-12)10-8(5-2)14-9(18-10)7-17-3/h4-7H2,1-3H3,(H,13,16). The van der Waals surface area contributed by atoms with Gasteiger partial charge < -0.3 is 10.1 Å². The summed E-state index contributed by atoms with van der Waals surface area (Å²) >= 11 is 3.23. The molecule has 2 aromatic rings. The Morgan fingerprint density at radius 3 is 2.74 bits per heavy atom. The van der Waals surface area contributed by atoms with Crippen LogP contribution < -0.4 is 5.32 Å². The molecule has 2 rings (SSSR count). The Balaban J connectivity index is 2.22. The molecule has 2 aromatic heterocycles. The van der Waals surface area contributed by atoms with Crippen LogP contribution in [0.25, 0.3) is 9.88 Å². The number of ether oxygens (including phenoxy) is 1. The van der Waals surface area contributed by atoms with Gasteiger partial charge in [-0.3, -0.25) is 0 Å². The molecule has 0 atom stereocenters. The van der Waals surface area contributed by atoms with Gasteiger partial charge in [0.15, 0.2) is 5.01 Å². The van der Waals surface area contributed by atoms with E-state index in [4.69, 9.17) is 4.74 Å². The van der Waals surface area contributed by atoms with E-state index in [-0.39, 0.29) is 0 Å². The molecule has 0 saturated heterocycles. The molecule has 0 spiro atoms. The van der Waals surface area contributed by atoms with E-state index >= 15 is 0 Å². The molecule has 0 saturated carbocycles. The molecule has 0 aliphatic carbocycles. The molecular weight excluding hydrogens is 280 g/mol. The maximum atomic E-state index is 5.14. The largest absolute Gasteiger partial charge is 0.378 e. The van der Waals surface area contributed by atoms with Crippen molar-refractivity contribution in [1.82, 2.24) is 15.2 Å². The highest BCUT2D eigenvalue weighted by atomic mass is 32.1. The molecule has 2 heterocycles. The summed E-state index contributed by atoms with van der Waals surface area (Å²) < 4.78 is 5.14. The molecule has 7 heteroatoms. The maximum Gasteiger partial charge on any atom is 0.206 e. The van der Waals surface area contributed by atoms with Gasteiger partial charge in [-0.05, 0) is 12.8 Å². The lowest BCUT2D eigenvalue weighted by Gasteiger charge is -1.95. The van der Waals surface area contributed by atoms with E-state index in [1.807, 2.05) is 0 Å². The first-order chi connectivity index (χ1) is 9.28. The van der Waals surface area contributed by atoms with Crippen LogP contribution in [-0.2, 0) is 17.8 Å². The lowest BCUT2D eigenvalue weighted by atomic mass is 10.3. The molecule has 0 unspecified atom stereocenters. The van der Waals surface area contributed by atoms with E-state index in [2.05, 4.69) is 34.3 Å². The highest BCUT2D eigenvalue weighted by Crippen LogP contribution is 2.34. The van der Waals surface area contributed by atoms with Crippen LogP contribution in [0, 0.1) is 0 Å². The van der Waals surface area contributed by atoms with Gasteiger partial charge in [0.25, 0.3) is 0 Å². The zero-order chi connectivity index (χ0) is 13.7. The topological polar surface area (TPSA) is 59.9 Å². The Kier molecular flexibility index (Phi) is 5.24. The number of nitrogens with zero attached hydrogens (tertiary/aromatic N) is 3. The summed E-state index contributed by atoms with van der Waals surface area (Å²) in [5.41, 5.74) is 1.08. The minimum atomic E-state index is 0.553. The average Bonchev–Trinajstić information content (AvgIpc) is 3.02. The summed E-state index contributed by atoms with van der Waals surface area (Å²) in [6.45, 7) is 5.71. The van der Waals surface area contributed by atoms with E-state index in [1.54, 1.807) is 29.8 Å². The average molecular weight is 298 g/mol. The molecule has 0 fully saturated rings. The Hall–Kier alpha value is -1.05. The van der Waals surface area contributed by atoms with Gasteiger partial charge in [-0.2, -0.15) is 0 Å². The van der Waals surface area contributed by atoms with Crippen molar-refractivity contribution in [1.29, 1.82) is 0 Å². The number of aryl methyl sites for hydroxylation is 1. The summed E-state index contributed by atoms with van der Waals surface area (Å²) in [6, 6.07) is 0. The predicted molar refractivity (Wildman–Crippen MR) is 79.9 cm³/mol. The molecule has 0 aliphatic rings. The number of anilines is 1. The Labute approximate surface area is 121 Å². The fourth-order valence-electron chi connectivity index (χ4n) is 1.61.